The van der Waals surface area contributed by atoms with Crippen molar-refractivity contribution in [2.75, 3.05) is 32.1 Å². The van der Waals surface area contributed by atoms with Gasteiger partial charge < -0.3 is 10.1 Å². The van der Waals surface area contributed by atoms with E-state index in [2.05, 4.69) is 5.32 Å². The molecule has 1 aromatic rings. The van der Waals surface area contributed by atoms with Crippen molar-refractivity contribution in [2.45, 2.75) is 30.8 Å². The summed E-state index contributed by atoms with van der Waals surface area (Å²) in [7, 11) is -1.57. The normalized spacial score (nSPS) is 18.1. The molecule has 0 amide bonds. The summed E-state index contributed by atoms with van der Waals surface area (Å²) in [5.41, 5.74) is 0.902. The molecular formula is C14H22N2O3S. The van der Waals surface area contributed by atoms with E-state index in [1.165, 1.54) is 0 Å². The first-order valence-corrected chi connectivity index (χ1v) is 8.41. The Hall–Kier alpha value is -1.11. The quantitative estimate of drug-likeness (QED) is 0.902. The lowest BCUT2D eigenvalue weighted by atomic mass is 10.1. The van der Waals surface area contributed by atoms with Crippen molar-refractivity contribution in [2.24, 2.45) is 0 Å². The van der Waals surface area contributed by atoms with E-state index in [9.17, 15) is 8.42 Å². The maximum absolute atomic E-state index is 12.5. The van der Waals surface area contributed by atoms with Crippen molar-refractivity contribution in [3.05, 3.63) is 24.3 Å². The van der Waals surface area contributed by atoms with Gasteiger partial charge in [-0.1, -0.05) is 0 Å². The highest BCUT2D eigenvalue weighted by Crippen LogP contribution is 2.23. The van der Waals surface area contributed by atoms with Gasteiger partial charge in [0.05, 0.1) is 11.0 Å². The molecule has 1 aliphatic heterocycles. The second-order valence-corrected chi connectivity index (χ2v) is 6.77. The molecule has 1 aliphatic rings. The Morgan fingerprint density at radius 1 is 1.25 bits per heavy atom. The Morgan fingerprint density at radius 2 is 1.85 bits per heavy atom. The van der Waals surface area contributed by atoms with E-state index >= 15 is 0 Å². The minimum Gasteiger partial charge on any atom is -0.388 e. The average Bonchev–Trinajstić information content (AvgIpc) is 2.48. The maximum atomic E-state index is 12.5. The van der Waals surface area contributed by atoms with E-state index in [0.29, 0.717) is 24.6 Å². The zero-order chi connectivity index (χ0) is 14.6. The number of nitrogens with zero attached hydrogens (tertiary/aromatic N) is 1. The van der Waals surface area contributed by atoms with Crippen LogP contribution in [0.5, 0.6) is 0 Å². The molecule has 0 aromatic heterocycles. The summed E-state index contributed by atoms with van der Waals surface area (Å²) < 4.78 is 32.1. The average molecular weight is 298 g/mol. The third kappa shape index (κ3) is 3.31. The molecule has 0 radical (unpaired) electrons. The molecule has 0 spiro atoms. The van der Waals surface area contributed by atoms with Crippen LogP contribution in [-0.2, 0) is 14.8 Å². The Labute approximate surface area is 121 Å². The maximum Gasteiger partial charge on any atom is 0.243 e. The summed E-state index contributed by atoms with van der Waals surface area (Å²) in [6, 6.07) is 6.85. The van der Waals surface area contributed by atoms with Crippen LogP contribution in [-0.4, -0.2) is 45.6 Å². The molecule has 0 saturated carbocycles. The third-order valence-corrected chi connectivity index (χ3v) is 5.50. The molecule has 1 N–H and O–H groups in total. The predicted molar refractivity (Wildman–Crippen MR) is 79.4 cm³/mol. The van der Waals surface area contributed by atoms with E-state index in [4.69, 9.17) is 4.74 Å². The molecule has 2 rings (SSSR count). The lowest BCUT2D eigenvalue weighted by Crippen LogP contribution is -2.40. The second-order valence-electron chi connectivity index (χ2n) is 4.83. The number of hydrogen-bond acceptors (Lipinski definition) is 4. The predicted octanol–water partition coefficient (Wildman–Crippen LogP) is 1.92. The van der Waals surface area contributed by atoms with Gasteiger partial charge in [0.2, 0.25) is 10.0 Å². The van der Waals surface area contributed by atoms with E-state index in [1.54, 1.807) is 28.6 Å². The Kier molecular flexibility index (Phi) is 5.01. The molecule has 6 heteroatoms. The van der Waals surface area contributed by atoms with Gasteiger partial charge in [0.1, 0.15) is 0 Å². The van der Waals surface area contributed by atoms with Gasteiger partial charge in [-0.3, -0.25) is 0 Å². The van der Waals surface area contributed by atoms with Crippen LogP contribution < -0.4 is 5.32 Å². The number of nitrogens with one attached hydrogen (secondary N) is 1. The van der Waals surface area contributed by atoms with Gasteiger partial charge in [0.15, 0.2) is 0 Å². The van der Waals surface area contributed by atoms with Crippen LogP contribution in [0.2, 0.25) is 0 Å². The number of sulfonamides is 1. The van der Waals surface area contributed by atoms with Crippen molar-refractivity contribution in [1.29, 1.82) is 0 Å². The lowest BCUT2D eigenvalue weighted by Gasteiger charge is -2.31. The number of rotatable bonds is 5. The standard InChI is InChI=1S/C14H22N2O3S/c1-3-19-13-8-10-16(11-9-13)20(17,18)14-6-4-12(15-2)5-7-14/h4-7,13,15H,3,8-11H2,1-2H3. The molecule has 1 aromatic carbocycles. The van der Waals surface area contributed by atoms with Gasteiger partial charge in [0, 0.05) is 32.4 Å². The lowest BCUT2D eigenvalue weighted by molar-refractivity contribution is 0.0290. The van der Waals surface area contributed by atoms with E-state index in [0.717, 1.165) is 18.5 Å². The van der Waals surface area contributed by atoms with Gasteiger partial charge in [-0.05, 0) is 44.0 Å². The highest BCUT2D eigenvalue weighted by molar-refractivity contribution is 7.89. The SMILES string of the molecule is CCOC1CCN(S(=O)(=O)c2ccc(NC)cc2)CC1. The first-order valence-electron chi connectivity index (χ1n) is 6.97. The fourth-order valence-electron chi connectivity index (χ4n) is 2.42. The van der Waals surface area contributed by atoms with Crippen molar-refractivity contribution in [3.8, 4) is 0 Å². The number of piperidine rings is 1. The summed E-state index contributed by atoms with van der Waals surface area (Å²) in [5, 5.41) is 2.98. The van der Waals surface area contributed by atoms with Gasteiger partial charge in [-0.15, -0.1) is 0 Å². The number of hydrogen-bond donors (Lipinski definition) is 1. The summed E-state index contributed by atoms with van der Waals surface area (Å²) in [6.45, 7) is 3.71. The molecule has 112 valence electrons. The van der Waals surface area contributed by atoms with Gasteiger partial charge in [-0.2, -0.15) is 4.31 Å². The molecule has 20 heavy (non-hydrogen) atoms. The molecule has 1 saturated heterocycles. The monoisotopic (exact) mass is 298 g/mol. The highest BCUT2D eigenvalue weighted by Gasteiger charge is 2.29. The zero-order valence-electron chi connectivity index (χ0n) is 12.0. The molecule has 0 aliphatic carbocycles. The van der Waals surface area contributed by atoms with Crippen molar-refractivity contribution >= 4 is 15.7 Å². The van der Waals surface area contributed by atoms with Crippen molar-refractivity contribution in [3.63, 3.8) is 0 Å². The summed E-state index contributed by atoms with van der Waals surface area (Å²) in [4.78, 5) is 0.353. The van der Waals surface area contributed by atoms with E-state index < -0.39 is 10.0 Å². The van der Waals surface area contributed by atoms with Crippen molar-refractivity contribution < 1.29 is 13.2 Å². The van der Waals surface area contributed by atoms with E-state index in [-0.39, 0.29) is 6.10 Å². The minimum absolute atomic E-state index is 0.193. The molecular weight excluding hydrogens is 276 g/mol. The van der Waals surface area contributed by atoms with Gasteiger partial charge in [0.25, 0.3) is 0 Å². The fraction of sp³-hybridized carbons (Fsp3) is 0.571. The first-order chi connectivity index (χ1) is 9.57. The fourth-order valence-corrected chi connectivity index (χ4v) is 3.89. The Balaban J connectivity index is 2.07. The number of benzene rings is 1. The molecule has 0 atom stereocenters. The number of anilines is 1. The van der Waals surface area contributed by atoms with Crippen LogP contribution in [0.25, 0.3) is 0 Å². The van der Waals surface area contributed by atoms with E-state index in [1.807, 2.05) is 14.0 Å². The highest BCUT2D eigenvalue weighted by atomic mass is 32.2. The van der Waals surface area contributed by atoms with Crippen molar-refractivity contribution in [1.82, 2.24) is 4.31 Å². The molecule has 0 unspecified atom stereocenters. The number of ether oxygens (including phenoxy) is 1. The second kappa shape index (κ2) is 6.56. The van der Waals surface area contributed by atoms with Crippen LogP contribution in [0, 0.1) is 0 Å². The van der Waals surface area contributed by atoms with Crippen LogP contribution in [0.3, 0.4) is 0 Å². The molecule has 1 fully saturated rings. The van der Waals surface area contributed by atoms with Crippen LogP contribution in [0.4, 0.5) is 5.69 Å². The van der Waals surface area contributed by atoms with Gasteiger partial charge >= 0.3 is 0 Å². The molecule has 1 heterocycles. The smallest absolute Gasteiger partial charge is 0.243 e. The Bertz CT molecular complexity index is 520. The molecule has 5 nitrogen and oxygen atoms in total. The van der Waals surface area contributed by atoms with Crippen LogP contribution >= 0.6 is 0 Å². The summed E-state index contributed by atoms with van der Waals surface area (Å²) >= 11 is 0. The van der Waals surface area contributed by atoms with Crippen LogP contribution in [0.15, 0.2) is 29.2 Å². The summed E-state index contributed by atoms with van der Waals surface area (Å²) in [5.74, 6) is 0. The third-order valence-electron chi connectivity index (χ3n) is 3.58. The van der Waals surface area contributed by atoms with Gasteiger partial charge in [-0.25, -0.2) is 8.42 Å². The zero-order valence-corrected chi connectivity index (χ0v) is 12.8. The molecule has 0 bridgehead atoms. The minimum atomic E-state index is -3.38. The van der Waals surface area contributed by atoms with Crippen LogP contribution in [0.1, 0.15) is 19.8 Å². The topological polar surface area (TPSA) is 58.6 Å². The Morgan fingerprint density at radius 3 is 2.35 bits per heavy atom. The first kappa shape index (κ1) is 15.3. The largest absolute Gasteiger partial charge is 0.388 e. The summed E-state index contributed by atoms with van der Waals surface area (Å²) in [6.07, 6.45) is 1.72.